The van der Waals surface area contributed by atoms with Gasteiger partial charge in [-0.15, -0.1) is 0 Å². The van der Waals surface area contributed by atoms with Crippen LogP contribution < -0.4 is 10.1 Å². The molecule has 19 heavy (non-hydrogen) atoms. The number of ether oxygens (including phenoxy) is 1. The van der Waals surface area contributed by atoms with E-state index in [1.165, 1.54) is 18.4 Å². The number of hydrogen-bond donors (Lipinski definition) is 1. The Hall–Kier alpha value is -1.51. The van der Waals surface area contributed by atoms with Gasteiger partial charge < -0.3 is 10.1 Å². The third kappa shape index (κ3) is 2.91. The van der Waals surface area contributed by atoms with Gasteiger partial charge in [-0.3, -0.25) is 4.79 Å². The first-order chi connectivity index (χ1) is 9.20. The van der Waals surface area contributed by atoms with Crippen molar-refractivity contribution < 1.29 is 9.53 Å². The molecule has 1 N–H and O–H groups in total. The van der Waals surface area contributed by atoms with E-state index in [0.29, 0.717) is 12.5 Å². The van der Waals surface area contributed by atoms with Gasteiger partial charge in [0.15, 0.2) is 0 Å². The summed E-state index contributed by atoms with van der Waals surface area (Å²) in [6, 6.07) is 6.09. The Morgan fingerprint density at radius 1 is 1.16 bits per heavy atom. The van der Waals surface area contributed by atoms with Crippen LogP contribution in [0.4, 0.5) is 5.69 Å². The smallest absolute Gasteiger partial charge is 0.224 e. The molecule has 0 saturated heterocycles. The topological polar surface area (TPSA) is 38.3 Å². The summed E-state index contributed by atoms with van der Waals surface area (Å²) in [5.41, 5.74) is 2.14. The molecular formula is C16H21NO2. The number of aryl methyl sites for hydroxylation is 1. The molecule has 1 aromatic carbocycles. The summed E-state index contributed by atoms with van der Waals surface area (Å²) in [4.78, 5) is 11.4. The second kappa shape index (κ2) is 5.24. The lowest BCUT2D eigenvalue weighted by Crippen LogP contribution is -2.23. The minimum Gasteiger partial charge on any atom is -0.490 e. The molecule has 0 aromatic heterocycles. The van der Waals surface area contributed by atoms with Gasteiger partial charge in [0.2, 0.25) is 5.91 Å². The van der Waals surface area contributed by atoms with E-state index in [4.69, 9.17) is 4.74 Å². The predicted molar refractivity (Wildman–Crippen MR) is 75.4 cm³/mol. The van der Waals surface area contributed by atoms with Gasteiger partial charge in [-0.25, -0.2) is 0 Å². The number of anilines is 1. The van der Waals surface area contributed by atoms with Crippen LogP contribution in [0.3, 0.4) is 0 Å². The van der Waals surface area contributed by atoms with Gasteiger partial charge in [-0.2, -0.15) is 0 Å². The third-order valence-electron chi connectivity index (χ3n) is 4.24. The summed E-state index contributed by atoms with van der Waals surface area (Å²) >= 11 is 0. The van der Waals surface area contributed by atoms with Crippen LogP contribution in [0.15, 0.2) is 18.2 Å². The van der Waals surface area contributed by atoms with Gasteiger partial charge in [0.05, 0.1) is 6.10 Å². The van der Waals surface area contributed by atoms with Crippen LogP contribution in [0.1, 0.15) is 44.6 Å². The number of benzene rings is 1. The molecular weight excluding hydrogens is 238 g/mol. The molecule has 1 amide bonds. The van der Waals surface area contributed by atoms with Crippen LogP contribution in [-0.2, 0) is 11.2 Å². The monoisotopic (exact) mass is 259 g/mol. The van der Waals surface area contributed by atoms with Crippen LogP contribution in [-0.4, -0.2) is 12.0 Å². The maximum atomic E-state index is 11.4. The molecule has 1 aliphatic carbocycles. The van der Waals surface area contributed by atoms with E-state index in [-0.39, 0.29) is 5.91 Å². The van der Waals surface area contributed by atoms with Crippen LogP contribution in [0.5, 0.6) is 5.75 Å². The van der Waals surface area contributed by atoms with E-state index in [2.05, 4.69) is 18.3 Å². The molecule has 102 valence electrons. The lowest BCUT2D eigenvalue weighted by molar-refractivity contribution is -0.116. The van der Waals surface area contributed by atoms with Crippen LogP contribution in [0.2, 0.25) is 0 Å². The van der Waals surface area contributed by atoms with Gasteiger partial charge in [0, 0.05) is 18.2 Å². The Morgan fingerprint density at radius 3 is 2.74 bits per heavy atom. The first-order valence-electron chi connectivity index (χ1n) is 7.30. The number of amides is 1. The summed E-state index contributed by atoms with van der Waals surface area (Å²) in [6.45, 7) is 2.31. The molecule has 3 heteroatoms. The Labute approximate surface area is 114 Å². The quantitative estimate of drug-likeness (QED) is 0.882. The molecule has 0 spiro atoms. The van der Waals surface area contributed by atoms with Crippen molar-refractivity contribution in [2.45, 2.75) is 51.6 Å². The van der Waals surface area contributed by atoms with E-state index >= 15 is 0 Å². The van der Waals surface area contributed by atoms with Crippen LogP contribution in [0.25, 0.3) is 0 Å². The lowest BCUT2D eigenvalue weighted by Gasteiger charge is -2.27. The Morgan fingerprint density at radius 2 is 1.95 bits per heavy atom. The first-order valence-corrected chi connectivity index (χ1v) is 7.30. The summed E-state index contributed by atoms with van der Waals surface area (Å²) in [5.74, 6) is 1.83. The second-order valence-electron chi connectivity index (χ2n) is 5.87. The average Bonchev–Trinajstić information content (AvgIpc) is 2.41. The Kier molecular flexibility index (Phi) is 3.45. The maximum absolute atomic E-state index is 11.4. The molecule has 1 aliphatic heterocycles. The van der Waals surface area contributed by atoms with E-state index in [1.54, 1.807) is 0 Å². The molecule has 1 heterocycles. The number of carbonyl (C=O) groups is 1. The van der Waals surface area contributed by atoms with Crippen molar-refractivity contribution in [3.05, 3.63) is 23.8 Å². The highest BCUT2D eigenvalue weighted by atomic mass is 16.5. The van der Waals surface area contributed by atoms with Gasteiger partial charge in [-0.05, 0) is 49.7 Å². The van der Waals surface area contributed by atoms with Crippen molar-refractivity contribution in [3.8, 4) is 5.75 Å². The predicted octanol–water partition coefficient (Wildman–Crippen LogP) is 3.53. The van der Waals surface area contributed by atoms with E-state index in [0.717, 1.165) is 36.6 Å². The van der Waals surface area contributed by atoms with Crippen molar-refractivity contribution in [1.29, 1.82) is 0 Å². The highest BCUT2D eigenvalue weighted by Gasteiger charge is 2.20. The molecule has 3 rings (SSSR count). The summed E-state index contributed by atoms with van der Waals surface area (Å²) < 4.78 is 6.05. The number of fused-ring (bicyclic) bond motifs is 1. The van der Waals surface area contributed by atoms with Crippen molar-refractivity contribution in [3.63, 3.8) is 0 Å². The highest BCUT2D eigenvalue weighted by Crippen LogP contribution is 2.31. The normalized spacial score (nSPS) is 26.5. The molecule has 1 aromatic rings. The zero-order valence-electron chi connectivity index (χ0n) is 11.4. The molecule has 0 bridgehead atoms. The standard InChI is InChI=1S/C16H21NO2/c1-11-2-6-13(7-3-11)19-14-8-4-12-5-9-16(18)17-15(12)10-14/h4,8,10-11,13H,2-3,5-7,9H2,1H3,(H,17,18). The molecule has 0 radical (unpaired) electrons. The number of hydrogen-bond acceptors (Lipinski definition) is 2. The minimum atomic E-state index is 0.108. The largest absolute Gasteiger partial charge is 0.490 e. The number of nitrogens with one attached hydrogen (secondary N) is 1. The fraction of sp³-hybridized carbons (Fsp3) is 0.562. The van der Waals surface area contributed by atoms with E-state index in [1.807, 2.05) is 12.1 Å². The molecule has 1 fully saturated rings. The molecule has 3 nitrogen and oxygen atoms in total. The van der Waals surface area contributed by atoms with Crippen molar-refractivity contribution in [1.82, 2.24) is 0 Å². The fourth-order valence-electron chi connectivity index (χ4n) is 2.96. The molecule has 0 atom stereocenters. The first kappa shape index (κ1) is 12.5. The fourth-order valence-corrected chi connectivity index (χ4v) is 2.96. The maximum Gasteiger partial charge on any atom is 0.224 e. The summed E-state index contributed by atoms with van der Waals surface area (Å²) in [6.07, 6.45) is 6.57. The summed E-state index contributed by atoms with van der Waals surface area (Å²) in [7, 11) is 0. The Bertz CT molecular complexity index is 476. The van der Waals surface area contributed by atoms with Crippen molar-refractivity contribution >= 4 is 11.6 Å². The van der Waals surface area contributed by atoms with Gasteiger partial charge >= 0.3 is 0 Å². The van der Waals surface area contributed by atoms with Gasteiger partial charge in [-0.1, -0.05) is 13.0 Å². The third-order valence-corrected chi connectivity index (χ3v) is 4.24. The van der Waals surface area contributed by atoms with Gasteiger partial charge in [0.1, 0.15) is 5.75 Å². The van der Waals surface area contributed by atoms with E-state index in [9.17, 15) is 4.79 Å². The summed E-state index contributed by atoms with van der Waals surface area (Å²) in [5, 5.41) is 2.93. The van der Waals surface area contributed by atoms with Crippen LogP contribution >= 0.6 is 0 Å². The van der Waals surface area contributed by atoms with Crippen molar-refractivity contribution in [2.75, 3.05) is 5.32 Å². The highest BCUT2D eigenvalue weighted by molar-refractivity contribution is 5.94. The average molecular weight is 259 g/mol. The van der Waals surface area contributed by atoms with E-state index < -0.39 is 0 Å². The molecule has 2 aliphatic rings. The van der Waals surface area contributed by atoms with Gasteiger partial charge in [0.25, 0.3) is 0 Å². The SMILES string of the molecule is CC1CCC(Oc2ccc3c(c2)NC(=O)CC3)CC1. The lowest BCUT2D eigenvalue weighted by atomic mass is 9.89. The van der Waals surface area contributed by atoms with Crippen molar-refractivity contribution in [2.24, 2.45) is 5.92 Å². The Balaban J connectivity index is 1.68. The number of carbonyl (C=O) groups excluding carboxylic acids is 1. The van der Waals surface area contributed by atoms with Crippen LogP contribution in [0, 0.1) is 5.92 Å². The molecule has 0 unspecified atom stereocenters. The molecule has 1 saturated carbocycles. The zero-order valence-corrected chi connectivity index (χ0v) is 11.4. The second-order valence-corrected chi connectivity index (χ2v) is 5.87. The number of rotatable bonds is 2. The zero-order chi connectivity index (χ0) is 13.2. The minimum absolute atomic E-state index is 0.108.